The number of nitrogens with one attached hydrogen (secondary N) is 1. The second kappa shape index (κ2) is 6.40. The van der Waals surface area contributed by atoms with Crippen molar-refractivity contribution in [3.8, 4) is 11.1 Å². The Morgan fingerprint density at radius 3 is 2.32 bits per heavy atom. The number of rotatable bonds is 3. The number of ether oxygens (including phenoxy) is 1. The maximum atomic E-state index is 13.6. The molecule has 1 heterocycles. The highest BCUT2D eigenvalue weighted by Crippen LogP contribution is 2.37. The molecule has 0 bridgehead atoms. The van der Waals surface area contributed by atoms with Crippen molar-refractivity contribution in [2.75, 3.05) is 0 Å². The van der Waals surface area contributed by atoms with Crippen LogP contribution >= 0.6 is 0 Å². The molecule has 0 saturated carbocycles. The first-order valence-corrected chi connectivity index (χ1v) is 8.09. The van der Waals surface area contributed by atoms with Crippen molar-refractivity contribution in [1.82, 2.24) is 5.32 Å². The minimum atomic E-state index is -0.561. The first-order valence-electron chi connectivity index (χ1n) is 8.09. The molecule has 3 aromatic rings. The maximum Gasteiger partial charge on any atom is 0.408 e. The van der Waals surface area contributed by atoms with E-state index in [2.05, 4.69) is 5.32 Å². The first kappa shape index (κ1) is 15.4. The number of cyclic esters (lactones) is 1. The van der Waals surface area contributed by atoms with Crippen LogP contribution in [0, 0.1) is 5.82 Å². The van der Waals surface area contributed by atoms with Gasteiger partial charge in [-0.05, 0) is 40.5 Å². The normalized spacial score (nSPS) is 19.3. The van der Waals surface area contributed by atoms with Crippen LogP contribution in [0.15, 0.2) is 78.9 Å². The van der Waals surface area contributed by atoms with E-state index in [1.807, 2.05) is 54.6 Å². The van der Waals surface area contributed by atoms with Crippen molar-refractivity contribution in [1.29, 1.82) is 0 Å². The monoisotopic (exact) mass is 333 g/mol. The molecule has 2 atom stereocenters. The molecule has 1 fully saturated rings. The second-order valence-electron chi connectivity index (χ2n) is 5.99. The standard InChI is InChI=1S/C21H16FNO2/c22-18-11-5-10-17(13-18)20-19(23-21(24)25-20)16-9-4-8-15(12-16)14-6-2-1-3-7-14/h1-13,19-20H,(H,23,24)/t19-,20?/m1/s1. The number of carbonyl (C=O) groups excluding carboxylic acids is 1. The van der Waals surface area contributed by atoms with Gasteiger partial charge in [-0.2, -0.15) is 0 Å². The summed E-state index contributed by atoms with van der Waals surface area (Å²) in [5.74, 6) is -0.350. The van der Waals surface area contributed by atoms with Gasteiger partial charge < -0.3 is 10.1 Å². The molecule has 1 aliphatic rings. The largest absolute Gasteiger partial charge is 0.439 e. The average molecular weight is 333 g/mol. The highest BCUT2D eigenvalue weighted by atomic mass is 19.1. The van der Waals surface area contributed by atoms with Gasteiger partial charge in [0, 0.05) is 0 Å². The topological polar surface area (TPSA) is 38.3 Å². The van der Waals surface area contributed by atoms with Crippen molar-refractivity contribution >= 4 is 6.09 Å². The van der Waals surface area contributed by atoms with Crippen LogP contribution in [0.5, 0.6) is 0 Å². The minimum absolute atomic E-state index is 0.350. The Kier molecular flexibility index (Phi) is 3.94. The van der Waals surface area contributed by atoms with Crippen LogP contribution in [0.3, 0.4) is 0 Å². The predicted octanol–water partition coefficient (Wildman–Crippen LogP) is 5.01. The first-order chi connectivity index (χ1) is 12.2. The van der Waals surface area contributed by atoms with Crippen molar-refractivity contribution < 1.29 is 13.9 Å². The Bertz CT molecular complexity index is 911. The molecule has 1 aliphatic heterocycles. The van der Waals surface area contributed by atoms with Crippen LogP contribution in [-0.2, 0) is 4.74 Å². The van der Waals surface area contributed by atoms with E-state index in [-0.39, 0.29) is 11.9 Å². The molecule has 1 amide bonds. The molecule has 3 nitrogen and oxygen atoms in total. The molecule has 4 heteroatoms. The molecule has 0 radical (unpaired) electrons. The summed E-state index contributed by atoms with van der Waals surface area (Å²) in [4.78, 5) is 11.8. The molecule has 1 N–H and O–H groups in total. The van der Waals surface area contributed by atoms with Gasteiger partial charge in [0.25, 0.3) is 0 Å². The molecule has 0 aromatic heterocycles. The van der Waals surface area contributed by atoms with Gasteiger partial charge in [0.15, 0.2) is 6.10 Å². The Labute approximate surface area is 145 Å². The zero-order chi connectivity index (χ0) is 17.2. The van der Waals surface area contributed by atoms with E-state index in [9.17, 15) is 9.18 Å². The lowest BCUT2D eigenvalue weighted by molar-refractivity contribution is 0.132. The van der Waals surface area contributed by atoms with Crippen LogP contribution in [0.1, 0.15) is 23.3 Å². The van der Waals surface area contributed by atoms with Gasteiger partial charge in [0.1, 0.15) is 5.82 Å². The molecule has 4 rings (SSSR count). The number of hydrogen-bond acceptors (Lipinski definition) is 2. The van der Waals surface area contributed by atoms with Crippen LogP contribution in [0.4, 0.5) is 9.18 Å². The van der Waals surface area contributed by atoms with Gasteiger partial charge in [0.2, 0.25) is 0 Å². The Balaban J connectivity index is 1.71. The number of amides is 1. The Morgan fingerprint density at radius 1 is 0.800 bits per heavy atom. The fourth-order valence-electron chi connectivity index (χ4n) is 3.16. The third-order valence-electron chi connectivity index (χ3n) is 4.34. The Hall–Kier alpha value is -3.14. The second-order valence-corrected chi connectivity index (χ2v) is 5.99. The molecule has 1 unspecified atom stereocenters. The smallest absolute Gasteiger partial charge is 0.408 e. The van der Waals surface area contributed by atoms with Crippen molar-refractivity contribution in [3.05, 3.63) is 95.8 Å². The fourth-order valence-corrected chi connectivity index (χ4v) is 3.16. The molecule has 124 valence electrons. The molecular weight excluding hydrogens is 317 g/mol. The highest BCUT2D eigenvalue weighted by Gasteiger charge is 2.36. The quantitative estimate of drug-likeness (QED) is 0.731. The van der Waals surface area contributed by atoms with E-state index in [4.69, 9.17) is 4.74 Å². The summed E-state index contributed by atoms with van der Waals surface area (Å²) in [6.45, 7) is 0. The lowest BCUT2D eigenvalue weighted by atomic mass is 9.94. The zero-order valence-corrected chi connectivity index (χ0v) is 13.4. The maximum absolute atomic E-state index is 13.6. The SMILES string of the molecule is O=C1N[C@H](c2cccc(-c3ccccc3)c2)C(c2cccc(F)c2)O1. The summed E-state index contributed by atoms with van der Waals surface area (Å²) < 4.78 is 19.0. The van der Waals surface area contributed by atoms with E-state index < -0.39 is 12.2 Å². The van der Waals surface area contributed by atoms with E-state index in [0.29, 0.717) is 5.56 Å². The number of carbonyl (C=O) groups is 1. The van der Waals surface area contributed by atoms with Crippen molar-refractivity contribution in [3.63, 3.8) is 0 Å². The van der Waals surface area contributed by atoms with E-state index in [1.165, 1.54) is 12.1 Å². The van der Waals surface area contributed by atoms with Crippen LogP contribution in [0.2, 0.25) is 0 Å². The molecular formula is C21H16FNO2. The van der Waals surface area contributed by atoms with E-state index in [1.54, 1.807) is 12.1 Å². The van der Waals surface area contributed by atoms with E-state index >= 15 is 0 Å². The average Bonchev–Trinajstić information content (AvgIpc) is 3.04. The van der Waals surface area contributed by atoms with Gasteiger partial charge in [0.05, 0.1) is 6.04 Å². The molecule has 1 saturated heterocycles. The molecule has 3 aromatic carbocycles. The van der Waals surface area contributed by atoms with Gasteiger partial charge in [-0.1, -0.05) is 60.7 Å². The third-order valence-corrected chi connectivity index (χ3v) is 4.34. The summed E-state index contributed by atoms with van der Waals surface area (Å²) in [5.41, 5.74) is 3.70. The van der Waals surface area contributed by atoms with Gasteiger partial charge in [-0.15, -0.1) is 0 Å². The van der Waals surface area contributed by atoms with Crippen molar-refractivity contribution in [2.45, 2.75) is 12.1 Å². The summed E-state index contributed by atoms with van der Waals surface area (Å²) in [6, 6.07) is 23.7. The number of halogens is 1. The Morgan fingerprint density at radius 2 is 1.52 bits per heavy atom. The molecule has 0 spiro atoms. The highest BCUT2D eigenvalue weighted by molar-refractivity contribution is 5.72. The summed E-state index contributed by atoms with van der Waals surface area (Å²) >= 11 is 0. The zero-order valence-electron chi connectivity index (χ0n) is 13.4. The summed E-state index contributed by atoms with van der Waals surface area (Å²) in [5, 5.41) is 2.83. The van der Waals surface area contributed by atoms with Gasteiger partial charge in [-0.3, -0.25) is 0 Å². The number of hydrogen-bond donors (Lipinski definition) is 1. The van der Waals surface area contributed by atoms with Crippen LogP contribution < -0.4 is 5.32 Å². The van der Waals surface area contributed by atoms with E-state index in [0.717, 1.165) is 16.7 Å². The van der Waals surface area contributed by atoms with Crippen LogP contribution in [-0.4, -0.2) is 6.09 Å². The van der Waals surface area contributed by atoms with Gasteiger partial charge in [-0.25, -0.2) is 9.18 Å². The minimum Gasteiger partial charge on any atom is -0.439 e. The summed E-state index contributed by atoms with van der Waals surface area (Å²) in [7, 11) is 0. The van der Waals surface area contributed by atoms with Gasteiger partial charge >= 0.3 is 6.09 Å². The molecule has 0 aliphatic carbocycles. The lowest BCUT2D eigenvalue weighted by Gasteiger charge is -2.18. The number of benzene rings is 3. The number of alkyl carbamates (subject to hydrolysis) is 1. The predicted molar refractivity (Wildman–Crippen MR) is 93.4 cm³/mol. The third kappa shape index (κ3) is 3.11. The van der Waals surface area contributed by atoms with Crippen molar-refractivity contribution in [2.24, 2.45) is 0 Å². The lowest BCUT2D eigenvalue weighted by Crippen LogP contribution is -2.19. The fraction of sp³-hybridized carbons (Fsp3) is 0.0952. The molecule has 25 heavy (non-hydrogen) atoms. The van der Waals surface area contributed by atoms with Crippen LogP contribution in [0.25, 0.3) is 11.1 Å². The summed E-state index contributed by atoms with van der Waals surface area (Å²) in [6.07, 6.45) is -1.06.